The van der Waals surface area contributed by atoms with E-state index in [-0.39, 0.29) is 17.0 Å². The van der Waals surface area contributed by atoms with Gasteiger partial charge in [0.1, 0.15) is 5.75 Å². The van der Waals surface area contributed by atoms with Crippen LogP contribution in [0.2, 0.25) is 0 Å². The molecule has 1 atom stereocenters. The van der Waals surface area contributed by atoms with Gasteiger partial charge in [0.15, 0.2) is 0 Å². The molecule has 0 saturated heterocycles. The molecule has 1 aromatic carbocycles. The van der Waals surface area contributed by atoms with Crippen LogP contribution in [0.4, 0.5) is 18.0 Å². The Morgan fingerprint density at radius 3 is 2.14 bits per heavy atom. The van der Waals surface area contributed by atoms with Gasteiger partial charge in [0.2, 0.25) is 12.0 Å². The maximum absolute atomic E-state index is 13.6. The minimum Gasteiger partial charge on any atom is -0.438 e. The standard InChI is InChI=1S/C20H23F3N2O3/c1-10-7-11(2)16(12(3)8-10)27-18-14(5)15(9-13(4)25-18)17(20(21,22)23)28-19(26)24-6/h7-9,17H,1-6H3,(H,24,26). The summed E-state index contributed by atoms with van der Waals surface area (Å²) in [6.45, 7) is 8.67. The van der Waals surface area contributed by atoms with Gasteiger partial charge in [-0.25, -0.2) is 9.78 Å². The van der Waals surface area contributed by atoms with Crippen molar-refractivity contribution in [1.29, 1.82) is 0 Å². The van der Waals surface area contributed by atoms with E-state index in [0.29, 0.717) is 11.4 Å². The molecule has 1 amide bonds. The van der Waals surface area contributed by atoms with Crippen LogP contribution in [-0.2, 0) is 4.74 Å². The number of halogens is 3. The molecule has 28 heavy (non-hydrogen) atoms. The Morgan fingerprint density at radius 2 is 1.64 bits per heavy atom. The Labute approximate surface area is 161 Å². The second-order valence-corrected chi connectivity index (χ2v) is 6.69. The zero-order valence-electron chi connectivity index (χ0n) is 16.6. The molecule has 2 rings (SSSR count). The molecule has 0 aliphatic carbocycles. The Morgan fingerprint density at radius 1 is 1.07 bits per heavy atom. The number of hydrogen-bond acceptors (Lipinski definition) is 4. The van der Waals surface area contributed by atoms with Crippen LogP contribution in [0.5, 0.6) is 11.6 Å². The van der Waals surface area contributed by atoms with E-state index >= 15 is 0 Å². The van der Waals surface area contributed by atoms with Gasteiger partial charge in [-0.05, 0) is 51.8 Å². The number of pyridine rings is 1. The predicted octanol–water partition coefficient (Wildman–Crippen LogP) is 5.38. The van der Waals surface area contributed by atoms with Crippen LogP contribution in [0.1, 0.15) is 39.6 Å². The van der Waals surface area contributed by atoms with E-state index in [2.05, 4.69) is 9.72 Å². The molecular weight excluding hydrogens is 373 g/mol. The molecule has 1 aromatic heterocycles. The third kappa shape index (κ3) is 4.74. The number of benzene rings is 1. The first-order valence-electron chi connectivity index (χ1n) is 8.63. The highest BCUT2D eigenvalue weighted by atomic mass is 19.4. The average molecular weight is 396 g/mol. The summed E-state index contributed by atoms with van der Waals surface area (Å²) in [7, 11) is 1.19. The number of nitrogens with zero attached hydrogens (tertiary/aromatic N) is 1. The van der Waals surface area contributed by atoms with Gasteiger partial charge in [0, 0.05) is 23.9 Å². The SMILES string of the molecule is CNC(=O)OC(c1cc(C)nc(Oc2c(C)cc(C)cc2C)c1C)C(F)(F)F. The predicted molar refractivity (Wildman–Crippen MR) is 98.8 cm³/mol. The van der Waals surface area contributed by atoms with Gasteiger partial charge in [-0.15, -0.1) is 0 Å². The van der Waals surface area contributed by atoms with Crippen molar-refractivity contribution in [1.82, 2.24) is 10.3 Å². The summed E-state index contributed by atoms with van der Waals surface area (Å²) in [5.41, 5.74) is 2.98. The second kappa shape index (κ2) is 8.08. The van der Waals surface area contributed by atoms with Crippen LogP contribution >= 0.6 is 0 Å². The number of alkyl halides is 3. The van der Waals surface area contributed by atoms with E-state index in [1.165, 1.54) is 20.0 Å². The highest BCUT2D eigenvalue weighted by molar-refractivity contribution is 5.67. The maximum Gasteiger partial charge on any atom is 0.429 e. The Kier molecular flexibility index (Phi) is 6.21. The molecule has 1 unspecified atom stereocenters. The van der Waals surface area contributed by atoms with Crippen molar-refractivity contribution >= 4 is 6.09 Å². The van der Waals surface area contributed by atoms with E-state index in [1.54, 1.807) is 6.92 Å². The molecule has 0 fully saturated rings. The molecule has 1 N–H and O–H groups in total. The fourth-order valence-electron chi connectivity index (χ4n) is 3.00. The number of aromatic nitrogens is 1. The quantitative estimate of drug-likeness (QED) is 0.754. The molecule has 152 valence electrons. The molecule has 0 aliphatic rings. The lowest BCUT2D eigenvalue weighted by molar-refractivity contribution is -0.206. The van der Waals surface area contributed by atoms with Gasteiger partial charge >= 0.3 is 12.3 Å². The topological polar surface area (TPSA) is 60.5 Å². The Balaban J connectivity index is 2.55. The third-order valence-electron chi connectivity index (χ3n) is 4.21. The molecule has 2 aromatic rings. The van der Waals surface area contributed by atoms with Crippen LogP contribution in [0, 0.1) is 34.6 Å². The molecular formula is C20H23F3N2O3. The first kappa shape index (κ1) is 21.5. The van der Waals surface area contributed by atoms with E-state index in [1.807, 2.05) is 38.2 Å². The van der Waals surface area contributed by atoms with Gasteiger partial charge in [-0.3, -0.25) is 0 Å². The van der Waals surface area contributed by atoms with Crippen molar-refractivity contribution < 1.29 is 27.4 Å². The first-order valence-corrected chi connectivity index (χ1v) is 8.63. The van der Waals surface area contributed by atoms with Crippen LogP contribution < -0.4 is 10.1 Å². The molecule has 0 radical (unpaired) electrons. The molecule has 0 bridgehead atoms. The van der Waals surface area contributed by atoms with Gasteiger partial charge in [-0.1, -0.05) is 17.7 Å². The number of amides is 1. The normalized spacial score (nSPS) is 12.5. The van der Waals surface area contributed by atoms with Crippen molar-refractivity contribution in [2.45, 2.75) is 46.9 Å². The number of rotatable bonds is 4. The van der Waals surface area contributed by atoms with Crippen molar-refractivity contribution in [3.05, 3.63) is 51.7 Å². The minimum atomic E-state index is -4.79. The maximum atomic E-state index is 13.6. The summed E-state index contributed by atoms with van der Waals surface area (Å²) in [4.78, 5) is 15.7. The van der Waals surface area contributed by atoms with Gasteiger partial charge in [0.25, 0.3) is 0 Å². The highest BCUT2D eigenvalue weighted by Gasteiger charge is 2.45. The van der Waals surface area contributed by atoms with E-state index < -0.39 is 18.4 Å². The first-order chi connectivity index (χ1) is 12.9. The van der Waals surface area contributed by atoms with Crippen LogP contribution in [0.15, 0.2) is 18.2 Å². The minimum absolute atomic E-state index is 0.0415. The highest BCUT2D eigenvalue weighted by Crippen LogP contribution is 2.40. The number of hydrogen-bond donors (Lipinski definition) is 1. The van der Waals surface area contributed by atoms with Crippen LogP contribution in [-0.4, -0.2) is 24.3 Å². The number of nitrogens with one attached hydrogen (secondary N) is 1. The summed E-state index contributed by atoms with van der Waals surface area (Å²) < 4.78 is 51.2. The second-order valence-electron chi connectivity index (χ2n) is 6.69. The van der Waals surface area contributed by atoms with Gasteiger partial charge in [-0.2, -0.15) is 13.2 Å². The van der Waals surface area contributed by atoms with Crippen molar-refractivity contribution in [2.75, 3.05) is 7.05 Å². The average Bonchev–Trinajstić information content (AvgIpc) is 2.57. The van der Waals surface area contributed by atoms with Gasteiger partial charge < -0.3 is 14.8 Å². The Bertz CT molecular complexity index is 872. The largest absolute Gasteiger partial charge is 0.438 e. The monoisotopic (exact) mass is 396 g/mol. The fraction of sp³-hybridized carbons (Fsp3) is 0.400. The van der Waals surface area contributed by atoms with E-state index in [4.69, 9.17) is 4.74 Å². The molecule has 0 spiro atoms. The smallest absolute Gasteiger partial charge is 0.429 e. The fourth-order valence-corrected chi connectivity index (χ4v) is 3.00. The number of carbonyl (C=O) groups is 1. The summed E-state index contributed by atoms with van der Waals surface area (Å²) in [6.07, 6.45) is -8.40. The molecule has 5 nitrogen and oxygen atoms in total. The molecule has 8 heteroatoms. The van der Waals surface area contributed by atoms with Crippen molar-refractivity contribution in [3.63, 3.8) is 0 Å². The number of carbonyl (C=O) groups excluding carboxylic acids is 1. The van der Waals surface area contributed by atoms with Crippen molar-refractivity contribution in [3.8, 4) is 11.6 Å². The zero-order chi connectivity index (χ0) is 21.2. The molecule has 0 aliphatic heterocycles. The summed E-state index contributed by atoms with van der Waals surface area (Å²) in [5.74, 6) is 0.577. The lowest BCUT2D eigenvalue weighted by atomic mass is 10.0. The lowest BCUT2D eigenvalue weighted by Crippen LogP contribution is -2.31. The zero-order valence-corrected chi connectivity index (χ0v) is 16.6. The van der Waals surface area contributed by atoms with Gasteiger partial charge in [0.05, 0.1) is 0 Å². The van der Waals surface area contributed by atoms with Crippen LogP contribution in [0.25, 0.3) is 0 Å². The Hall–Kier alpha value is -2.77. The van der Waals surface area contributed by atoms with Crippen molar-refractivity contribution in [2.24, 2.45) is 0 Å². The number of alkyl carbamates (subject to hydrolysis) is 1. The van der Waals surface area contributed by atoms with E-state index in [9.17, 15) is 18.0 Å². The lowest BCUT2D eigenvalue weighted by Gasteiger charge is -2.24. The summed E-state index contributed by atoms with van der Waals surface area (Å²) in [6, 6.07) is 5.08. The summed E-state index contributed by atoms with van der Waals surface area (Å²) >= 11 is 0. The van der Waals surface area contributed by atoms with E-state index in [0.717, 1.165) is 16.7 Å². The third-order valence-corrected chi connectivity index (χ3v) is 4.21. The summed E-state index contributed by atoms with van der Waals surface area (Å²) in [5, 5.41) is 2.04. The molecule has 1 heterocycles. The number of ether oxygens (including phenoxy) is 2. The molecule has 0 saturated carbocycles. The van der Waals surface area contributed by atoms with Crippen LogP contribution in [0.3, 0.4) is 0 Å². The number of aryl methyl sites for hydroxylation is 4.